The van der Waals surface area contributed by atoms with Crippen LogP contribution in [0, 0.1) is 6.92 Å². The molecule has 0 spiro atoms. The Kier molecular flexibility index (Phi) is 9.32. The van der Waals surface area contributed by atoms with Crippen LogP contribution >= 0.6 is 24.0 Å². The van der Waals surface area contributed by atoms with E-state index in [0.717, 1.165) is 23.8 Å². The number of rotatable bonds is 7. The van der Waals surface area contributed by atoms with Gasteiger partial charge in [0.05, 0.1) is 12.2 Å². The number of oxazole rings is 1. The zero-order valence-electron chi connectivity index (χ0n) is 18.0. The Bertz CT molecular complexity index is 950. The Balaban J connectivity index is 0.00000320. The van der Waals surface area contributed by atoms with Gasteiger partial charge in [-0.15, -0.1) is 24.0 Å². The van der Waals surface area contributed by atoms with Crippen molar-refractivity contribution in [2.45, 2.75) is 26.6 Å². The largest absolute Gasteiger partial charge is 0.444 e. The van der Waals surface area contributed by atoms with Crippen molar-refractivity contribution in [3.63, 3.8) is 0 Å². The first kappa shape index (κ1) is 23.9. The van der Waals surface area contributed by atoms with Crippen LogP contribution in [0.1, 0.15) is 22.4 Å². The lowest BCUT2D eigenvalue weighted by atomic mass is 10.1. The second kappa shape index (κ2) is 11.7. The highest BCUT2D eigenvalue weighted by atomic mass is 127. The van der Waals surface area contributed by atoms with Gasteiger partial charge in [0.1, 0.15) is 6.26 Å². The van der Waals surface area contributed by atoms with Crippen molar-refractivity contribution in [3.8, 4) is 11.5 Å². The molecule has 2 N–H and O–H groups in total. The van der Waals surface area contributed by atoms with E-state index in [4.69, 9.17) is 4.42 Å². The summed E-state index contributed by atoms with van der Waals surface area (Å²) in [6.07, 6.45) is 1.68. The van der Waals surface area contributed by atoms with E-state index in [0.29, 0.717) is 19.0 Å². The lowest BCUT2D eigenvalue weighted by Gasteiger charge is -2.13. The molecule has 0 unspecified atom stereocenters. The molecule has 0 amide bonds. The fraction of sp³-hybridized carbons (Fsp3) is 0.304. The van der Waals surface area contributed by atoms with Crippen LogP contribution in [-0.4, -0.2) is 37.0 Å². The third-order valence-corrected chi connectivity index (χ3v) is 4.46. The molecule has 0 fully saturated rings. The number of hydrogen-bond donors (Lipinski definition) is 2. The number of aryl methyl sites for hydroxylation is 1. The molecule has 2 aromatic carbocycles. The summed E-state index contributed by atoms with van der Waals surface area (Å²) in [6.45, 7) is 4.23. The third kappa shape index (κ3) is 7.14. The van der Waals surface area contributed by atoms with Gasteiger partial charge in [-0.1, -0.05) is 42.0 Å². The maximum atomic E-state index is 5.62. The molecule has 0 aliphatic carbocycles. The van der Waals surface area contributed by atoms with E-state index in [1.807, 2.05) is 12.1 Å². The maximum Gasteiger partial charge on any atom is 0.226 e. The Hall–Kier alpha value is -2.39. The van der Waals surface area contributed by atoms with Crippen LogP contribution in [0.5, 0.6) is 0 Å². The van der Waals surface area contributed by atoms with Gasteiger partial charge in [-0.25, -0.2) is 4.98 Å². The van der Waals surface area contributed by atoms with Gasteiger partial charge in [0, 0.05) is 25.7 Å². The summed E-state index contributed by atoms with van der Waals surface area (Å²) in [4.78, 5) is 11.0. The quantitative estimate of drug-likeness (QED) is 0.279. The lowest BCUT2D eigenvalue weighted by molar-refractivity contribution is 0.402. The van der Waals surface area contributed by atoms with Crippen LogP contribution in [0.25, 0.3) is 11.5 Å². The molecule has 1 heterocycles. The van der Waals surface area contributed by atoms with Crippen molar-refractivity contribution in [3.05, 3.63) is 77.2 Å². The zero-order valence-corrected chi connectivity index (χ0v) is 20.3. The van der Waals surface area contributed by atoms with Gasteiger partial charge < -0.3 is 20.0 Å². The van der Waals surface area contributed by atoms with E-state index >= 15 is 0 Å². The maximum absolute atomic E-state index is 5.62. The first-order valence-electron chi connectivity index (χ1n) is 9.72. The molecular weight excluding hydrogens is 489 g/mol. The SMILES string of the molecule is CN=C(NCc1cccc(CN(C)C)c1)NCc1coc(-c2ccc(C)cc2)n1.I. The fourth-order valence-electron chi connectivity index (χ4n) is 3.00. The van der Waals surface area contributed by atoms with Gasteiger partial charge >= 0.3 is 0 Å². The minimum Gasteiger partial charge on any atom is -0.444 e. The van der Waals surface area contributed by atoms with Crippen molar-refractivity contribution in [2.24, 2.45) is 4.99 Å². The van der Waals surface area contributed by atoms with E-state index in [1.54, 1.807) is 13.3 Å². The monoisotopic (exact) mass is 519 g/mol. The zero-order chi connectivity index (χ0) is 20.6. The Morgan fingerprint density at radius 3 is 2.43 bits per heavy atom. The summed E-state index contributed by atoms with van der Waals surface area (Å²) >= 11 is 0. The fourth-order valence-corrected chi connectivity index (χ4v) is 3.00. The number of guanidine groups is 1. The number of aliphatic imine (C=N–C) groups is 1. The highest BCUT2D eigenvalue weighted by Gasteiger charge is 2.07. The number of nitrogens with zero attached hydrogens (tertiary/aromatic N) is 3. The summed E-state index contributed by atoms with van der Waals surface area (Å²) in [5.74, 6) is 1.35. The molecule has 30 heavy (non-hydrogen) atoms. The molecular formula is C23H30IN5O. The normalized spacial score (nSPS) is 11.3. The molecule has 1 aromatic heterocycles. The van der Waals surface area contributed by atoms with E-state index in [2.05, 4.69) is 82.9 Å². The summed E-state index contributed by atoms with van der Waals surface area (Å²) in [7, 11) is 5.91. The van der Waals surface area contributed by atoms with E-state index < -0.39 is 0 Å². The van der Waals surface area contributed by atoms with Crippen LogP contribution in [-0.2, 0) is 19.6 Å². The number of aromatic nitrogens is 1. The van der Waals surface area contributed by atoms with Crippen molar-refractivity contribution in [1.29, 1.82) is 0 Å². The molecule has 160 valence electrons. The average molecular weight is 519 g/mol. The molecule has 7 heteroatoms. The van der Waals surface area contributed by atoms with Gasteiger partial charge in [0.25, 0.3) is 0 Å². The highest BCUT2D eigenvalue weighted by molar-refractivity contribution is 14.0. The van der Waals surface area contributed by atoms with Crippen LogP contribution in [0.2, 0.25) is 0 Å². The molecule has 6 nitrogen and oxygen atoms in total. The number of nitrogens with one attached hydrogen (secondary N) is 2. The van der Waals surface area contributed by atoms with E-state index in [9.17, 15) is 0 Å². The van der Waals surface area contributed by atoms with Crippen LogP contribution < -0.4 is 10.6 Å². The predicted octanol–water partition coefficient (Wildman–Crippen LogP) is 4.19. The van der Waals surface area contributed by atoms with Gasteiger partial charge in [-0.2, -0.15) is 0 Å². The first-order chi connectivity index (χ1) is 14.0. The van der Waals surface area contributed by atoms with Gasteiger partial charge in [0.2, 0.25) is 5.89 Å². The standard InChI is InChI=1S/C23H29N5O.HI/c1-17-8-10-20(11-9-17)22-27-21(16-29-22)14-26-23(24-2)25-13-18-6-5-7-19(12-18)15-28(3)4;/h5-12,16H,13-15H2,1-4H3,(H2,24,25,26);1H. The second-order valence-corrected chi connectivity index (χ2v) is 7.35. The van der Waals surface area contributed by atoms with E-state index in [1.165, 1.54) is 16.7 Å². The van der Waals surface area contributed by atoms with Crippen LogP contribution in [0.4, 0.5) is 0 Å². The summed E-state index contributed by atoms with van der Waals surface area (Å²) in [5, 5.41) is 6.63. The van der Waals surface area contributed by atoms with Crippen molar-refractivity contribution in [1.82, 2.24) is 20.5 Å². The smallest absolute Gasteiger partial charge is 0.226 e. The molecule has 0 saturated carbocycles. The molecule has 3 rings (SSSR count). The molecule has 3 aromatic rings. The summed E-state index contributed by atoms with van der Waals surface area (Å²) in [6, 6.07) is 16.7. The minimum atomic E-state index is 0. The van der Waals surface area contributed by atoms with Crippen molar-refractivity contribution >= 4 is 29.9 Å². The number of halogens is 1. The number of hydrogen-bond acceptors (Lipinski definition) is 4. The predicted molar refractivity (Wildman–Crippen MR) is 133 cm³/mol. The minimum absolute atomic E-state index is 0. The first-order valence-corrected chi connectivity index (χ1v) is 9.72. The van der Waals surface area contributed by atoms with Gasteiger partial charge in [-0.3, -0.25) is 4.99 Å². The van der Waals surface area contributed by atoms with Gasteiger partial charge in [0.15, 0.2) is 5.96 Å². The third-order valence-electron chi connectivity index (χ3n) is 4.46. The Morgan fingerprint density at radius 1 is 1.03 bits per heavy atom. The van der Waals surface area contributed by atoms with Crippen molar-refractivity contribution in [2.75, 3.05) is 21.1 Å². The molecule has 0 atom stereocenters. The van der Waals surface area contributed by atoms with Crippen LogP contribution in [0.3, 0.4) is 0 Å². The molecule has 0 bridgehead atoms. The topological polar surface area (TPSA) is 65.7 Å². The van der Waals surface area contributed by atoms with Crippen molar-refractivity contribution < 1.29 is 4.42 Å². The number of benzene rings is 2. The molecule has 0 radical (unpaired) electrons. The molecule has 0 aliphatic rings. The molecule has 0 saturated heterocycles. The van der Waals surface area contributed by atoms with E-state index in [-0.39, 0.29) is 24.0 Å². The second-order valence-electron chi connectivity index (χ2n) is 7.35. The Morgan fingerprint density at radius 2 is 1.73 bits per heavy atom. The Labute approximate surface area is 195 Å². The highest BCUT2D eigenvalue weighted by Crippen LogP contribution is 2.19. The summed E-state index contributed by atoms with van der Waals surface area (Å²) in [5.41, 5.74) is 5.53. The lowest BCUT2D eigenvalue weighted by Crippen LogP contribution is -2.36. The average Bonchev–Trinajstić information content (AvgIpc) is 3.17. The molecule has 0 aliphatic heterocycles. The summed E-state index contributed by atoms with van der Waals surface area (Å²) < 4.78 is 5.62. The van der Waals surface area contributed by atoms with Gasteiger partial charge in [-0.05, 0) is 44.3 Å². The van der Waals surface area contributed by atoms with Crippen LogP contribution in [0.15, 0.2) is 64.2 Å².